The number of carbonyl (C=O) groups excluding carboxylic acids is 1. The Morgan fingerprint density at radius 3 is 2.78 bits per heavy atom. The molecule has 3 aromatic carbocycles. The lowest BCUT2D eigenvalue weighted by Crippen LogP contribution is -2.35. The number of carbonyl (C=O) groups is 1. The van der Waals surface area contributed by atoms with Crippen molar-refractivity contribution in [1.29, 1.82) is 0 Å². The van der Waals surface area contributed by atoms with Crippen LogP contribution in [0.1, 0.15) is 22.3 Å². The van der Waals surface area contributed by atoms with Crippen LogP contribution >= 0.6 is 11.6 Å². The lowest BCUT2D eigenvalue weighted by molar-refractivity contribution is 0.103. The highest BCUT2D eigenvalue weighted by Gasteiger charge is 2.32. The molecule has 2 aliphatic rings. The number of nitrogens with zero attached hydrogens (tertiary/aromatic N) is 1. The van der Waals surface area contributed by atoms with Crippen LogP contribution in [-0.2, 0) is 16.4 Å². The molecule has 2 aliphatic heterocycles. The van der Waals surface area contributed by atoms with Crippen molar-refractivity contribution in [3.8, 4) is 0 Å². The molecule has 3 aromatic rings. The van der Waals surface area contributed by atoms with Gasteiger partial charge in [-0.05, 0) is 54.8 Å². The van der Waals surface area contributed by atoms with Gasteiger partial charge in [0, 0.05) is 33.6 Å². The molecule has 27 heavy (non-hydrogen) atoms. The van der Waals surface area contributed by atoms with Gasteiger partial charge in [-0.25, -0.2) is 8.42 Å². The van der Waals surface area contributed by atoms with Crippen molar-refractivity contribution in [3.05, 3.63) is 64.7 Å². The number of sulfonamides is 1. The average Bonchev–Trinajstić information content (AvgIpc) is 2.98. The molecular weight excluding hydrogens is 384 g/mol. The predicted octanol–water partition coefficient (Wildman–Crippen LogP) is 4.20. The van der Waals surface area contributed by atoms with E-state index in [1.165, 1.54) is 4.31 Å². The third-order valence-corrected chi connectivity index (χ3v) is 7.29. The molecule has 7 heteroatoms. The summed E-state index contributed by atoms with van der Waals surface area (Å²) < 4.78 is 28.6. The maximum atomic E-state index is 13.6. The Balaban J connectivity index is 1.73. The van der Waals surface area contributed by atoms with E-state index in [0.717, 1.165) is 18.4 Å². The molecule has 0 saturated carbocycles. The van der Waals surface area contributed by atoms with Gasteiger partial charge in [0.15, 0.2) is 0 Å². The summed E-state index contributed by atoms with van der Waals surface area (Å²) in [6.07, 6.45) is 1.53. The van der Waals surface area contributed by atoms with Gasteiger partial charge in [0.05, 0.1) is 10.6 Å². The Morgan fingerprint density at radius 1 is 1.07 bits per heavy atom. The van der Waals surface area contributed by atoms with Gasteiger partial charge < -0.3 is 5.32 Å². The lowest BCUT2D eigenvalue weighted by Gasteiger charge is -2.31. The van der Waals surface area contributed by atoms with Crippen LogP contribution in [0.25, 0.3) is 10.8 Å². The summed E-state index contributed by atoms with van der Waals surface area (Å²) in [5.41, 5.74) is 2.75. The second-order valence-electron chi connectivity index (χ2n) is 6.75. The van der Waals surface area contributed by atoms with Gasteiger partial charge in [0.2, 0.25) is 0 Å². The number of hydrogen-bond acceptors (Lipinski definition) is 3. The van der Waals surface area contributed by atoms with E-state index in [4.69, 9.17) is 11.6 Å². The summed E-state index contributed by atoms with van der Waals surface area (Å²) in [7, 11) is -3.79. The second kappa shape index (κ2) is 5.71. The molecule has 5 nitrogen and oxygen atoms in total. The lowest BCUT2D eigenvalue weighted by atomic mass is 10.0. The van der Waals surface area contributed by atoms with Crippen molar-refractivity contribution in [3.63, 3.8) is 0 Å². The van der Waals surface area contributed by atoms with Crippen LogP contribution in [0.3, 0.4) is 0 Å². The van der Waals surface area contributed by atoms with Gasteiger partial charge in [0.25, 0.3) is 15.9 Å². The van der Waals surface area contributed by atoms with Crippen LogP contribution in [-0.4, -0.2) is 20.9 Å². The zero-order valence-corrected chi connectivity index (χ0v) is 15.8. The highest BCUT2D eigenvalue weighted by molar-refractivity contribution is 7.93. The highest BCUT2D eigenvalue weighted by Crippen LogP contribution is 2.40. The van der Waals surface area contributed by atoms with Crippen molar-refractivity contribution in [2.24, 2.45) is 0 Å². The van der Waals surface area contributed by atoms with Crippen molar-refractivity contribution in [2.45, 2.75) is 17.7 Å². The zero-order chi connectivity index (χ0) is 18.8. The molecule has 0 spiro atoms. The first-order valence-electron chi connectivity index (χ1n) is 8.65. The number of rotatable bonds is 2. The van der Waals surface area contributed by atoms with E-state index in [1.807, 2.05) is 6.07 Å². The fourth-order valence-corrected chi connectivity index (χ4v) is 5.91. The molecule has 0 saturated heterocycles. The summed E-state index contributed by atoms with van der Waals surface area (Å²) in [4.78, 5) is 12.3. The molecule has 2 heterocycles. The van der Waals surface area contributed by atoms with E-state index in [0.29, 0.717) is 39.3 Å². The first-order chi connectivity index (χ1) is 13.0. The quantitative estimate of drug-likeness (QED) is 0.703. The van der Waals surface area contributed by atoms with Crippen LogP contribution in [0.4, 0.5) is 11.4 Å². The molecular formula is C20H15ClN2O3S. The fraction of sp³-hybridized carbons (Fsp3) is 0.150. The van der Waals surface area contributed by atoms with Gasteiger partial charge in [-0.15, -0.1) is 0 Å². The van der Waals surface area contributed by atoms with E-state index in [1.54, 1.807) is 42.5 Å². The minimum Gasteiger partial charge on any atom is -0.321 e. The number of amides is 1. The first-order valence-corrected chi connectivity index (χ1v) is 10.5. The number of halogens is 1. The molecule has 5 rings (SSSR count). The second-order valence-corrected chi connectivity index (χ2v) is 9.01. The smallest absolute Gasteiger partial charge is 0.264 e. The molecule has 0 bridgehead atoms. The average molecular weight is 399 g/mol. The van der Waals surface area contributed by atoms with Crippen LogP contribution < -0.4 is 9.62 Å². The number of aryl methyl sites for hydroxylation is 1. The Morgan fingerprint density at radius 2 is 1.93 bits per heavy atom. The molecule has 0 atom stereocenters. The predicted molar refractivity (Wildman–Crippen MR) is 106 cm³/mol. The number of benzene rings is 3. The van der Waals surface area contributed by atoms with E-state index in [9.17, 15) is 13.2 Å². The van der Waals surface area contributed by atoms with E-state index >= 15 is 0 Å². The Hall–Kier alpha value is -2.57. The van der Waals surface area contributed by atoms with Crippen molar-refractivity contribution in [2.75, 3.05) is 16.2 Å². The van der Waals surface area contributed by atoms with Gasteiger partial charge >= 0.3 is 0 Å². The zero-order valence-electron chi connectivity index (χ0n) is 14.2. The normalized spacial score (nSPS) is 15.7. The van der Waals surface area contributed by atoms with Crippen LogP contribution in [0, 0.1) is 0 Å². The van der Waals surface area contributed by atoms with Crippen LogP contribution in [0.5, 0.6) is 0 Å². The summed E-state index contributed by atoms with van der Waals surface area (Å²) in [5, 5.41) is 4.61. The maximum absolute atomic E-state index is 13.6. The fourth-order valence-electron chi connectivity index (χ4n) is 3.99. The third-order valence-electron chi connectivity index (χ3n) is 5.18. The van der Waals surface area contributed by atoms with Crippen molar-refractivity contribution in [1.82, 2.24) is 0 Å². The summed E-state index contributed by atoms with van der Waals surface area (Å²) >= 11 is 6.08. The van der Waals surface area contributed by atoms with Gasteiger partial charge in [-0.1, -0.05) is 23.7 Å². The van der Waals surface area contributed by atoms with Crippen LogP contribution in [0.15, 0.2) is 53.4 Å². The van der Waals surface area contributed by atoms with Gasteiger partial charge in [-0.3, -0.25) is 9.10 Å². The minimum atomic E-state index is -3.79. The van der Waals surface area contributed by atoms with E-state index in [-0.39, 0.29) is 10.8 Å². The molecule has 136 valence electrons. The van der Waals surface area contributed by atoms with Crippen molar-refractivity contribution < 1.29 is 13.2 Å². The number of nitrogens with one attached hydrogen (secondary N) is 1. The molecule has 0 unspecified atom stereocenters. The summed E-state index contributed by atoms with van der Waals surface area (Å²) in [6.45, 7) is 0.414. The number of hydrogen-bond donors (Lipinski definition) is 1. The highest BCUT2D eigenvalue weighted by atomic mass is 35.5. The number of anilines is 2. The van der Waals surface area contributed by atoms with Gasteiger partial charge in [0.1, 0.15) is 0 Å². The molecule has 0 radical (unpaired) electrons. The molecule has 0 fully saturated rings. The number of fused-ring (bicyclic) bond motifs is 1. The van der Waals surface area contributed by atoms with Crippen molar-refractivity contribution >= 4 is 49.7 Å². The molecule has 0 aliphatic carbocycles. The topological polar surface area (TPSA) is 66.5 Å². The van der Waals surface area contributed by atoms with E-state index in [2.05, 4.69) is 5.32 Å². The van der Waals surface area contributed by atoms with Gasteiger partial charge in [-0.2, -0.15) is 0 Å². The SMILES string of the molecule is O=C1Nc2ccc(S(=O)(=O)N3CCCc4cc(Cl)ccc43)c3cccc1c23. The van der Waals surface area contributed by atoms with Crippen LogP contribution in [0.2, 0.25) is 5.02 Å². The third kappa shape index (κ3) is 2.37. The molecule has 1 N–H and O–H groups in total. The Kier molecular flexibility index (Phi) is 3.51. The molecule has 1 amide bonds. The summed E-state index contributed by atoms with van der Waals surface area (Å²) in [5.74, 6) is -0.205. The Labute approximate surface area is 161 Å². The van der Waals surface area contributed by atoms with E-state index < -0.39 is 10.0 Å². The monoisotopic (exact) mass is 398 g/mol. The Bertz CT molecular complexity index is 1240. The largest absolute Gasteiger partial charge is 0.321 e. The minimum absolute atomic E-state index is 0.205. The standard InChI is InChI=1S/C20H15ClN2O3S/c21-13-6-8-17-12(11-13)3-2-10-23(17)27(25,26)18-9-7-16-19-14(18)4-1-5-15(19)20(24)22-16/h1,4-9,11H,2-3,10H2,(H,22,24). The maximum Gasteiger partial charge on any atom is 0.264 e. The summed E-state index contributed by atoms with van der Waals surface area (Å²) in [6, 6.07) is 13.7. The molecule has 0 aromatic heterocycles. The first kappa shape index (κ1) is 16.6.